The third-order valence-corrected chi connectivity index (χ3v) is 2.63. The van der Waals surface area contributed by atoms with E-state index in [1.54, 1.807) is 6.92 Å². The van der Waals surface area contributed by atoms with E-state index < -0.39 is 5.97 Å². The molecule has 0 heterocycles. The summed E-state index contributed by atoms with van der Waals surface area (Å²) in [6.45, 7) is 5.06. The predicted octanol–water partition coefficient (Wildman–Crippen LogP) is 2.06. The van der Waals surface area contributed by atoms with Gasteiger partial charge in [-0.25, -0.2) is 0 Å². The van der Waals surface area contributed by atoms with Crippen molar-refractivity contribution >= 4 is 5.97 Å². The molecule has 0 fully saturated rings. The van der Waals surface area contributed by atoms with Crippen LogP contribution in [0.5, 0.6) is 0 Å². The van der Waals surface area contributed by atoms with Gasteiger partial charge in [0.25, 0.3) is 0 Å². The Kier molecular flexibility index (Phi) is 4.99. The molecule has 0 amide bonds. The standard InChI is InChI=1S/C13H19NO2/c1-3-11-4-6-12(7-5-11)9-14-8-10(2)13(15)16/h4-7,10,14H,3,8-9H2,1-2H3,(H,15,16). The summed E-state index contributed by atoms with van der Waals surface area (Å²) in [7, 11) is 0. The zero-order chi connectivity index (χ0) is 12.0. The van der Waals surface area contributed by atoms with Gasteiger partial charge in [-0.05, 0) is 17.5 Å². The first-order valence-electron chi connectivity index (χ1n) is 5.64. The molecule has 88 valence electrons. The minimum atomic E-state index is -0.756. The van der Waals surface area contributed by atoms with Crippen molar-refractivity contribution in [3.8, 4) is 0 Å². The van der Waals surface area contributed by atoms with Gasteiger partial charge in [-0.1, -0.05) is 38.1 Å². The van der Waals surface area contributed by atoms with E-state index in [0.717, 1.165) is 13.0 Å². The van der Waals surface area contributed by atoms with E-state index in [4.69, 9.17) is 5.11 Å². The van der Waals surface area contributed by atoms with Crippen LogP contribution in [0.15, 0.2) is 24.3 Å². The zero-order valence-corrected chi connectivity index (χ0v) is 9.86. The molecular formula is C13H19NO2. The maximum atomic E-state index is 10.6. The second-order valence-electron chi connectivity index (χ2n) is 4.04. The Hall–Kier alpha value is -1.35. The molecule has 0 bridgehead atoms. The van der Waals surface area contributed by atoms with Crippen molar-refractivity contribution in [1.29, 1.82) is 0 Å². The summed E-state index contributed by atoms with van der Waals surface area (Å²) < 4.78 is 0. The van der Waals surface area contributed by atoms with Gasteiger partial charge in [0.15, 0.2) is 0 Å². The number of rotatable bonds is 6. The van der Waals surface area contributed by atoms with Crippen LogP contribution in [0.25, 0.3) is 0 Å². The number of carbonyl (C=O) groups is 1. The van der Waals surface area contributed by atoms with Crippen molar-refractivity contribution in [2.24, 2.45) is 5.92 Å². The molecule has 0 aliphatic rings. The highest BCUT2D eigenvalue weighted by Crippen LogP contribution is 2.04. The van der Waals surface area contributed by atoms with Crippen molar-refractivity contribution < 1.29 is 9.90 Å². The van der Waals surface area contributed by atoms with Crippen molar-refractivity contribution in [3.05, 3.63) is 35.4 Å². The van der Waals surface area contributed by atoms with Crippen LogP contribution in [0.1, 0.15) is 25.0 Å². The average Bonchev–Trinajstić information content (AvgIpc) is 2.29. The maximum absolute atomic E-state index is 10.6. The van der Waals surface area contributed by atoms with E-state index in [1.807, 2.05) is 0 Å². The van der Waals surface area contributed by atoms with Gasteiger partial charge in [-0.2, -0.15) is 0 Å². The molecule has 3 nitrogen and oxygen atoms in total. The van der Waals surface area contributed by atoms with Gasteiger partial charge in [-0.15, -0.1) is 0 Å². The van der Waals surface area contributed by atoms with E-state index in [0.29, 0.717) is 6.54 Å². The van der Waals surface area contributed by atoms with Gasteiger partial charge >= 0.3 is 5.97 Å². The molecule has 0 aromatic heterocycles. The lowest BCUT2D eigenvalue weighted by atomic mass is 10.1. The molecule has 1 aromatic rings. The Morgan fingerprint density at radius 1 is 1.31 bits per heavy atom. The molecule has 1 aromatic carbocycles. The van der Waals surface area contributed by atoms with Gasteiger partial charge in [0.1, 0.15) is 0 Å². The van der Waals surface area contributed by atoms with Crippen LogP contribution in [0.4, 0.5) is 0 Å². The Balaban J connectivity index is 2.34. The van der Waals surface area contributed by atoms with E-state index in [-0.39, 0.29) is 5.92 Å². The number of nitrogens with one attached hydrogen (secondary N) is 1. The summed E-state index contributed by atoms with van der Waals surface area (Å²) in [6.07, 6.45) is 1.05. The summed E-state index contributed by atoms with van der Waals surface area (Å²) in [5, 5.41) is 11.8. The SMILES string of the molecule is CCc1ccc(CNCC(C)C(=O)O)cc1. The first kappa shape index (κ1) is 12.7. The highest BCUT2D eigenvalue weighted by atomic mass is 16.4. The van der Waals surface area contributed by atoms with Gasteiger partial charge in [0, 0.05) is 13.1 Å². The Bertz CT molecular complexity index is 332. The predicted molar refractivity (Wildman–Crippen MR) is 64.3 cm³/mol. The van der Waals surface area contributed by atoms with Crippen LogP contribution in [0, 0.1) is 5.92 Å². The lowest BCUT2D eigenvalue weighted by Crippen LogP contribution is -2.25. The molecule has 1 unspecified atom stereocenters. The molecular weight excluding hydrogens is 202 g/mol. The number of carboxylic acids is 1. The maximum Gasteiger partial charge on any atom is 0.307 e. The molecule has 0 aliphatic carbocycles. The fraction of sp³-hybridized carbons (Fsp3) is 0.462. The minimum absolute atomic E-state index is 0.338. The topological polar surface area (TPSA) is 49.3 Å². The monoisotopic (exact) mass is 221 g/mol. The molecule has 3 heteroatoms. The zero-order valence-electron chi connectivity index (χ0n) is 9.86. The third-order valence-electron chi connectivity index (χ3n) is 2.63. The van der Waals surface area contributed by atoms with Crippen LogP contribution in [0.2, 0.25) is 0 Å². The van der Waals surface area contributed by atoms with Gasteiger partial charge in [0.2, 0.25) is 0 Å². The number of aliphatic carboxylic acids is 1. The van der Waals surface area contributed by atoms with Crippen molar-refractivity contribution in [1.82, 2.24) is 5.32 Å². The van der Waals surface area contributed by atoms with Crippen LogP contribution in [-0.4, -0.2) is 17.6 Å². The van der Waals surface area contributed by atoms with E-state index in [1.165, 1.54) is 11.1 Å². The van der Waals surface area contributed by atoms with Crippen molar-refractivity contribution in [2.75, 3.05) is 6.54 Å². The third kappa shape index (κ3) is 4.03. The fourth-order valence-electron chi connectivity index (χ4n) is 1.41. The molecule has 0 spiro atoms. The average molecular weight is 221 g/mol. The first-order chi connectivity index (χ1) is 7.63. The van der Waals surface area contributed by atoms with Gasteiger partial charge in [-0.3, -0.25) is 4.79 Å². The van der Waals surface area contributed by atoms with Crippen LogP contribution >= 0.6 is 0 Å². The summed E-state index contributed by atoms with van der Waals surface area (Å²) in [5.74, 6) is -1.09. The van der Waals surface area contributed by atoms with E-state index in [9.17, 15) is 4.79 Å². The van der Waals surface area contributed by atoms with Crippen LogP contribution < -0.4 is 5.32 Å². The lowest BCUT2D eigenvalue weighted by Gasteiger charge is -2.08. The highest BCUT2D eigenvalue weighted by Gasteiger charge is 2.09. The number of carboxylic acid groups (broad SMARTS) is 1. The molecule has 0 aliphatic heterocycles. The summed E-state index contributed by atoms with van der Waals surface area (Å²) in [5.41, 5.74) is 2.51. The summed E-state index contributed by atoms with van der Waals surface area (Å²) >= 11 is 0. The molecule has 16 heavy (non-hydrogen) atoms. The minimum Gasteiger partial charge on any atom is -0.481 e. The van der Waals surface area contributed by atoms with Crippen LogP contribution in [0.3, 0.4) is 0 Å². The molecule has 0 saturated carbocycles. The second kappa shape index (κ2) is 6.28. The largest absolute Gasteiger partial charge is 0.481 e. The molecule has 0 radical (unpaired) electrons. The van der Waals surface area contributed by atoms with Crippen LogP contribution in [-0.2, 0) is 17.8 Å². The van der Waals surface area contributed by atoms with E-state index in [2.05, 4.69) is 36.5 Å². The lowest BCUT2D eigenvalue weighted by molar-refractivity contribution is -0.140. The Labute approximate surface area is 96.5 Å². The molecule has 2 N–H and O–H groups in total. The normalized spacial score (nSPS) is 12.4. The number of aryl methyl sites for hydroxylation is 1. The van der Waals surface area contributed by atoms with Crippen molar-refractivity contribution in [3.63, 3.8) is 0 Å². The van der Waals surface area contributed by atoms with Gasteiger partial charge < -0.3 is 10.4 Å². The number of hydrogen-bond donors (Lipinski definition) is 2. The number of benzene rings is 1. The van der Waals surface area contributed by atoms with Crippen molar-refractivity contribution in [2.45, 2.75) is 26.8 Å². The van der Waals surface area contributed by atoms with Gasteiger partial charge in [0.05, 0.1) is 5.92 Å². The number of hydrogen-bond acceptors (Lipinski definition) is 2. The highest BCUT2D eigenvalue weighted by molar-refractivity contribution is 5.69. The quantitative estimate of drug-likeness (QED) is 0.773. The van der Waals surface area contributed by atoms with E-state index >= 15 is 0 Å². The smallest absolute Gasteiger partial charge is 0.307 e. The second-order valence-corrected chi connectivity index (χ2v) is 4.04. The Morgan fingerprint density at radius 3 is 2.38 bits per heavy atom. The first-order valence-corrected chi connectivity index (χ1v) is 5.64. The summed E-state index contributed by atoms with van der Waals surface area (Å²) in [4.78, 5) is 10.6. The molecule has 0 saturated heterocycles. The Morgan fingerprint density at radius 2 is 1.88 bits per heavy atom. The summed E-state index contributed by atoms with van der Waals surface area (Å²) in [6, 6.07) is 8.38. The fourth-order valence-corrected chi connectivity index (χ4v) is 1.41. The molecule has 1 atom stereocenters. The molecule has 1 rings (SSSR count).